The summed E-state index contributed by atoms with van der Waals surface area (Å²) in [6.07, 6.45) is 5.60. The number of hydrogen-bond acceptors (Lipinski definition) is 3. The molecular weight excluding hydrogens is 256 g/mol. The molecule has 1 N–H and O–H groups in total. The van der Waals surface area contributed by atoms with E-state index in [1.807, 2.05) is 25.1 Å². The molecule has 0 saturated carbocycles. The third kappa shape index (κ3) is 5.49. The summed E-state index contributed by atoms with van der Waals surface area (Å²) in [4.78, 5) is 14.0. The van der Waals surface area contributed by atoms with Crippen LogP contribution in [0.3, 0.4) is 0 Å². The van der Waals surface area contributed by atoms with Gasteiger partial charge in [0.25, 0.3) is 0 Å². The first-order valence-corrected chi connectivity index (χ1v) is 7.44. The second-order valence-corrected chi connectivity index (χ2v) is 5.72. The maximum atomic E-state index is 11.9. The summed E-state index contributed by atoms with van der Waals surface area (Å²) in [6, 6.07) is 0. The van der Waals surface area contributed by atoms with Crippen LogP contribution >= 0.6 is 24.2 Å². The molecule has 0 bridgehead atoms. The number of amides is 1. The predicted molar refractivity (Wildman–Crippen MR) is 78.1 cm³/mol. The number of piperidine rings is 1. The summed E-state index contributed by atoms with van der Waals surface area (Å²) in [5.41, 5.74) is 0. The van der Waals surface area contributed by atoms with Crippen LogP contribution in [-0.4, -0.2) is 49.0 Å². The largest absolute Gasteiger partial charge is 0.342 e. The molecule has 0 aliphatic carbocycles. The van der Waals surface area contributed by atoms with E-state index in [0.29, 0.717) is 5.91 Å². The molecule has 5 heteroatoms. The number of rotatable bonds is 5. The summed E-state index contributed by atoms with van der Waals surface area (Å²) in [6.45, 7) is 5.01. The van der Waals surface area contributed by atoms with Gasteiger partial charge in [0.1, 0.15) is 0 Å². The first kappa shape index (κ1) is 17.1. The van der Waals surface area contributed by atoms with E-state index >= 15 is 0 Å². The summed E-state index contributed by atoms with van der Waals surface area (Å²) in [7, 11) is 2.00. The molecule has 0 spiro atoms. The lowest BCUT2D eigenvalue weighted by molar-refractivity contribution is -0.131. The fraction of sp³-hybridized carbons (Fsp3) is 0.917. The van der Waals surface area contributed by atoms with Crippen molar-refractivity contribution in [3.05, 3.63) is 0 Å². The highest BCUT2D eigenvalue weighted by Crippen LogP contribution is 2.21. The minimum Gasteiger partial charge on any atom is -0.342 e. The minimum absolute atomic E-state index is 0. The number of carbonyl (C=O) groups excluding carboxylic acids is 1. The van der Waals surface area contributed by atoms with Gasteiger partial charge in [-0.05, 0) is 52.0 Å². The van der Waals surface area contributed by atoms with E-state index in [9.17, 15) is 4.79 Å². The van der Waals surface area contributed by atoms with Crippen LogP contribution in [0.4, 0.5) is 0 Å². The van der Waals surface area contributed by atoms with E-state index in [1.165, 1.54) is 19.3 Å². The highest BCUT2D eigenvalue weighted by atomic mass is 35.5. The molecule has 1 aliphatic heterocycles. The van der Waals surface area contributed by atoms with E-state index in [0.717, 1.165) is 25.6 Å². The maximum absolute atomic E-state index is 11.9. The smallest absolute Gasteiger partial charge is 0.235 e. The fourth-order valence-electron chi connectivity index (χ4n) is 2.15. The molecule has 1 aliphatic rings. The number of hydrogen-bond donors (Lipinski definition) is 1. The van der Waals surface area contributed by atoms with Gasteiger partial charge in [0.2, 0.25) is 5.91 Å². The summed E-state index contributed by atoms with van der Waals surface area (Å²) < 4.78 is 0. The van der Waals surface area contributed by atoms with Crippen LogP contribution in [0.15, 0.2) is 0 Å². The molecule has 1 atom stereocenters. The zero-order valence-corrected chi connectivity index (χ0v) is 12.7. The second kappa shape index (κ2) is 9.06. The number of carbonyl (C=O) groups is 1. The second-order valence-electron chi connectivity index (χ2n) is 4.54. The van der Waals surface area contributed by atoms with Gasteiger partial charge >= 0.3 is 0 Å². The van der Waals surface area contributed by atoms with Gasteiger partial charge in [0.15, 0.2) is 0 Å². The number of likely N-dealkylation sites (tertiary alicyclic amines) is 1. The number of thioether (sulfide) groups is 1. The van der Waals surface area contributed by atoms with Gasteiger partial charge in [0.05, 0.1) is 5.25 Å². The van der Waals surface area contributed by atoms with Gasteiger partial charge in [-0.1, -0.05) is 0 Å². The molecule has 1 rings (SSSR count). The van der Waals surface area contributed by atoms with E-state index in [1.54, 1.807) is 11.8 Å². The van der Waals surface area contributed by atoms with Gasteiger partial charge in [-0.2, -0.15) is 11.8 Å². The molecule has 1 unspecified atom stereocenters. The van der Waals surface area contributed by atoms with Crippen LogP contribution in [0.25, 0.3) is 0 Å². The third-order valence-electron chi connectivity index (χ3n) is 3.43. The Kier molecular flexibility index (Phi) is 9.10. The van der Waals surface area contributed by atoms with Crippen molar-refractivity contribution >= 4 is 30.1 Å². The molecular formula is C12H25ClN2OS. The third-order valence-corrected chi connectivity index (χ3v) is 4.34. The van der Waals surface area contributed by atoms with Gasteiger partial charge in [-0.3, -0.25) is 4.79 Å². The summed E-state index contributed by atoms with van der Waals surface area (Å²) in [5.74, 6) is 1.13. The number of nitrogens with zero attached hydrogens (tertiary/aromatic N) is 1. The van der Waals surface area contributed by atoms with Crippen molar-refractivity contribution in [1.29, 1.82) is 0 Å². The van der Waals surface area contributed by atoms with Crippen LogP contribution in [0.5, 0.6) is 0 Å². The zero-order chi connectivity index (χ0) is 12.0. The Labute approximate surface area is 115 Å². The zero-order valence-electron chi connectivity index (χ0n) is 11.1. The summed E-state index contributed by atoms with van der Waals surface area (Å²) >= 11 is 1.64. The van der Waals surface area contributed by atoms with Crippen LogP contribution < -0.4 is 5.32 Å². The predicted octanol–water partition coefficient (Wildman–Crippen LogP) is 2.01. The van der Waals surface area contributed by atoms with Crippen LogP contribution in [0.1, 0.15) is 26.2 Å². The SMILES string of the molecule is CNCCC1CCN(C(=O)C(C)SC)CC1.Cl. The molecule has 1 amide bonds. The Balaban J connectivity index is 0.00000256. The van der Waals surface area contributed by atoms with Crippen molar-refractivity contribution in [2.45, 2.75) is 31.4 Å². The molecule has 0 radical (unpaired) electrons. The molecule has 3 nitrogen and oxygen atoms in total. The molecule has 1 fully saturated rings. The van der Waals surface area contributed by atoms with Crippen molar-refractivity contribution in [3.8, 4) is 0 Å². The highest BCUT2D eigenvalue weighted by molar-refractivity contribution is 7.99. The standard InChI is InChI=1S/C12H24N2OS.ClH/c1-10(16-3)12(15)14-8-5-11(6-9-14)4-7-13-2;/h10-11,13H,4-9H2,1-3H3;1H. The van der Waals surface area contributed by atoms with E-state index in [2.05, 4.69) is 5.32 Å². The Bertz CT molecular complexity index is 221. The first-order valence-electron chi connectivity index (χ1n) is 6.15. The highest BCUT2D eigenvalue weighted by Gasteiger charge is 2.25. The van der Waals surface area contributed by atoms with E-state index in [4.69, 9.17) is 0 Å². The normalized spacial score (nSPS) is 18.6. The van der Waals surface area contributed by atoms with Gasteiger partial charge in [-0.25, -0.2) is 0 Å². The number of halogens is 1. The molecule has 1 saturated heterocycles. The van der Waals surface area contributed by atoms with Crippen LogP contribution in [0.2, 0.25) is 0 Å². The Hall–Kier alpha value is 0.0700. The lowest BCUT2D eigenvalue weighted by atomic mass is 9.93. The monoisotopic (exact) mass is 280 g/mol. The van der Waals surface area contributed by atoms with Crippen molar-refractivity contribution < 1.29 is 4.79 Å². The molecule has 1 heterocycles. The van der Waals surface area contributed by atoms with Crippen molar-refractivity contribution in [2.75, 3.05) is 32.9 Å². The van der Waals surface area contributed by atoms with Crippen LogP contribution in [0, 0.1) is 5.92 Å². The van der Waals surface area contributed by atoms with Gasteiger partial charge < -0.3 is 10.2 Å². The molecule has 0 aromatic heterocycles. The average molecular weight is 281 g/mol. The lowest BCUT2D eigenvalue weighted by Crippen LogP contribution is -2.42. The Morgan fingerprint density at radius 2 is 2.06 bits per heavy atom. The van der Waals surface area contributed by atoms with Crippen molar-refractivity contribution in [3.63, 3.8) is 0 Å². The lowest BCUT2D eigenvalue weighted by Gasteiger charge is -2.33. The van der Waals surface area contributed by atoms with E-state index < -0.39 is 0 Å². The van der Waals surface area contributed by atoms with Crippen molar-refractivity contribution in [1.82, 2.24) is 10.2 Å². The van der Waals surface area contributed by atoms with Gasteiger partial charge in [0, 0.05) is 13.1 Å². The minimum atomic E-state index is 0. The number of nitrogens with one attached hydrogen (secondary N) is 1. The molecule has 102 valence electrons. The molecule has 0 aromatic carbocycles. The first-order chi connectivity index (χ1) is 7.69. The Morgan fingerprint density at radius 3 is 2.53 bits per heavy atom. The van der Waals surface area contributed by atoms with Crippen LogP contribution in [-0.2, 0) is 4.79 Å². The Morgan fingerprint density at radius 1 is 1.47 bits per heavy atom. The topological polar surface area (TPSA) is 32.3 Å². The van der Waals surface area contributed by atoms with Gasteiger partial charge in [-0.15, -0.1) is 12.4 Å². The average Bonchev–Trinajstić information content (AvgIpc) is 2.35. The molecule has 0 aromatic rings. The maximum Gasteiger partial charge on any atom is 0.235 e. The fourth-order valence-corrected chi connectivity index (χ4v) is 2.50. The van der Waals surface area contributed by atoms with E-state index in [-0.39, 0.29) is 17.7 Å². The summed E-state index contributed by atoms with van der Waals surface area (Å²) in [5, 5.41) is 3.31. The molecule has 17 heavy (non-hydrogen) atoms. The quantitative estimate of drug-likeness (QED) is 0.836. The van der Waals surface area contributed by atoms with Crippen molar-refractivity contribution in [2.24, 2.45) is 5.92 Å².